The topological polar surface area (TPSA) is 79.4 Å². The third kappa shape index (κ3) is 2.47. The minimum Gasteiger partial charge on any atom is -0.494 e. The highest BCUT2D eigenvalue weighted by Gasteiger charge is 2.11. The van der Waals surface area contributed by atoms with Crippen molar-refractivity contribution in [1.82, 2.24) is 4.98 Å². The van der Waals surface area contributed by atoms with Crippen LogP contribution in [-0.4, -0.2) is 23.2 Å². The number of aromatic nitrogens is 1. The van der Waals surface area contributed by atoms with Crippen LogP contribution in [0.5, 0.6) is 5.75 Å². The van der Waals surface area contributed by atoms with Crippen LogP contribution in [0.25, 0.3) is 11.1 Å². The number of ether oxygens (including phenoxy) is 1. The van der Waals surface area contributed by atoms with Crippen LogP contribution >= 0.6 is 0 Å². The van der Waals surface area contributed by atoms with Crippen molar-refractivity contribution in [1.29, 1.82) is 0 Å². The van der Waals surface area contributed by atoms with Gasteiger partial charge < -0.3 is 14.8 Å². The summed E-state index contributed by atoms with van der Waals surface area (Å²) in [7, 11) is 1.35. The minimum absolute atomic E-state index is 0.0895. The lowest BCUT2D eigenvalue weighted by molar-refractivity contribution is 0.0695. The zero-order chi connectivity index (χ0) is 14.0. The molecule has 19 heavy (non-hydrogen) atoms. The largest absolute Gasteiger partial charge is 0.494 e. The first-order valence-electron chi connectivity index (χ1n) is 5.33. The van der Waals surface area contributed by atoms with E-state index in [-0.39, 0.29) is 5.75 Å². The highest BCUT2D eigenvalue weighted by molar-refractivity contribution is 5.88. The van der Waals surface area contributed by atoms with Gasteiger partial charge in [0.2, 0.25) is 0 Å². The molecule has 1 heterocycles. The molecule has 0 radical (unpaired) electrons. The van der Waals surface area contributed by atoms with Crippen LogP contribution in [0, 0.1) is 5.82 Å². The van der Waals surface area contributed by atoms with Gasteiger partial charge in [0.05, 0.1) is 7.11 Å². The Hall–Kier alpha value is -2.63. The second-order valence-corrected chi connectivity index (χ2v) is 3.79. The maximum Gasteiger partial charge on any atom is 0.341 e. The molecule has 1 aromatic carbocycles. The highest BCUT2D eigenvalue weighted by Crippen LogP contribution is 2.24. The van der Waals surface area contributed by atoms with Gasteiger partial charge in [-0.05, 0) is 29.3 Å². The number of H-pyrrole nitrogens is 1. The van der Waals surface area contributed by atoms with Crippen LogP contribution in [0.3, 0.4) is 0 Å². The molecule has 0 aliphatic rings. The second kappa shape index (κ2) is 4.93. The van der Waals surface area contributed by atoms with Crippen LogP contribution in [0.4, 0.5) is 4.39 Å². The number of nitrogens with one attached hydrogen (secondary N) is 1. The van der Waals surface area contributed by atoms with Gasteiger partial charge in [0.25, 0.3) is 5.56 Å². The summed E-state index contributed by atoms with van der Waals surface area (Å²) in [6.07, 6.45) is 1.33. The quantitative estimate of drug-likeness (QED) is 0.886. The summed E-state index contributed by atoms with van der Waals surface area (Å²) < 4.78 is 18.4. The van der Waals surface area contributed by atoms with Crippen LogP contribution in [0.15, 0.2) is 35.3 Å². The molecule has 0 bridgehead atoms. The number of carbonyl (C=O) groups is 1. The van der Waals surface area contributed by atoms with E-state index in [0.29, 0.717) is 11.1 Å². The molecule has 0 saturated heterocycles. The Balaban J connectivity index is 2.53. The average Bonchev–Trinajstić information content (AvgIpc) is 2.38. The Bertz CT molecular complexity index is 693. The SMILES string of the molecule is COc1ccc(-c2c[nH]c(=O)c(C(=O)O)c2)cc1F. The Labute approximate surface area is 107 Å². The third-order valence-electron chi connectivity index (χ3n) is 2.62. The summed E-state index contributed by atoms with van der Waals surface area (Å²) in [5, 5.41) is 8.86. The predicted octanol–water partition coefficient (Wildman–Crippen LogP) is 1.89. The lowest BCUT2D eigenvalue weighted by Crippen LogP contribution is -2.16. The molecule has 0 saturated carbocycles. The lowest BCUT2D eigenvalue weighted by atomic mass is 10.1. The fourth-order valence-electron chi connectivity index (χ4n) is 1.66. The van der Waals surface area contributed by atoms with Crippen LogP contribution < -0.4 is 10.3 Å². The number of carboxylic acids is 1. The Kier molecular flexibility index (Phi) is 3.33. The van der Waals surface area contributed by atoms with Crippen molar-refractivity contribution in [3.63, 3.8) is 0 Å². The van der Waals surface area contributed by atoms with E-state index in [1.54, 1.807) is 6.07 Å². The molecule has 6 heteroatoms. The van der Waals surface area contributed by atoms with Gasteiger partial charge in [-0.15, -0.1) is 0 Å². The number of methoxy groups -OCH3 is 1. The van der Waals surface area contributed by atoms with Crippen molar-refractivity contribution < 1.29 is 19.0 Å². The normalized spacial score (nSPS) is 10.2. The van der Waals surface area contributed by atoms with Crippen molar-refractivity contribution in [3.05, 3.63) is 52.2 Å². The molecule has 2 aromatic rings. The predicted molar refractivity (Wildman–Crippen MR) is 66.0 cm³/mol. The molecule has 0 atom stereocenters. The van der Waals surface area contributed by atoms with Crippen molar-refractivity contribution in [2.75, 3.05) is 7.11 Å². The van der Waals surface area contributed by atoms with Gasteiger partial charge in [-0.3, -0.25) is 4.79 Å². The molecule has 0 fully saturated rings. The number of hydrogen-bond donors (Lipinski definition) is 2. The van der Waals surface area contributed by atoms with Crippen LogP contribution in [0.2, 0.25) is 0 Å². The number of hydrogen-bond acceptors (Lipinski definition) is 3. The van der Waals surface area contributed by atoms with Crippen molar-refractivity contribution >= 4 is 5.97 Å². The molecular weight excluding hydrogens is 253 g/mol. The summed E-state index contributed by atoms with van der Waals surface area (Å²) in [6, 6.07) is 5.40. The fourth-order valence-corrected chi connectivity index (χ4v) is 1.66. The van der Waals surface area contributed by atoms with E-state index in [9.17, 15) is 14.0 Å². The van der Waals surface area contributed by atoms with Gasteiger partial charge in [0, 0.05) is 6.20 Å². The zero-order valence-electron chi connectivity index (χ0n) is 9.94. The zero-order valence-corrected chi connectivity index (χ0v) is 9.94. The van der Waals surface area contributed by atoms with E-state index in [4.69, 9.17) is 9.84 Å². The molecule has 2 N–H and O–H groups in total. The second-order valence-electron chi connectivity index (χ2n) is 3.79. The first-order chi connectivity index (χ1) is 9.02. The Morgan fingerprint density at radius 3 is 2.63 bits per heavy atom. The highest BCUT2D eigenvalue weighted by atomic mass is 19.1. The van der Waals surface area contributed by atoms with E-state index in [2.05, 4.69) is 4.98 Å². The maximum atomic E-state index is 13.6. The van der Waals surface area contributed by atoms with E-state index < -0.39 is 22.9 Å². The maximum absolute atomic E-state index is 13.6. The molecule has 5 nitrogen and oxygen atoms in total. The molecule has 0 amide bonds. The molecule has 0 unspecified atom stereocenters. The first kappa shape index (κ1) is 12.8. The molecule has 2 rings (SSSR count). The Morgan fingerprint density at radius 1 is 1.32 bits per heavy atom. The van der Waals surface area contributed by atoms with E-state index >= 15 is 0 Å². The molecule has 0 aliphatic heterocycles. The van der Waals surface area contributed by atoms with Gasteiger partial charge in [-0.2, -0.15) is 0 Å². The van der Waals surface area contributed by atoms with E-state index in [0.717, 1.165) is 0 Å². The third-order valence-corrected chi connectivity index (χ3v) is 2.62. The molecular formula is C13H10FNO4. The molecule has 0 spiro atoms. The summed E-state index contributed by atoms with van der Waals surface area (Å²) in [5.74, 6) is -1.81. The van der Waals surface area contributed by atoms with Crippen molar-refractivity contribution in [2.24, 2.45) is 0 Å². The van der Waals surface area contributed by atoms with Crippen molar-refractivity contribution in [3.8, 4) is 16.9 Å². The van der Waals surface area contributed by atoms with E-state index in [1.807, 2.05) is 0 Å². The summed E-state index contributed by atoms with van der Waals surface area (Å²) >= 11 is 0. The number of aromatic carboxylic acids is 1. The summed E-state index contributed by atoms with van der Waals surface area (Å²) in [4.78, 5) is 24.4. The average molecular weight is 263 g/mol. The van der Waals surface area contributed by atoms with Gasteiger partial charge in [-0.25, -0.2) is 9.18 Å². The number of halogens is 1. The minimum atomic E-state index is -1.34. The smallest absolute Gasteiger partial charge is 0.341 e. The van der Waals surface area contributed by atoms with E-state index in [1.165, 1.54) is 31.5 Å². The number of pyridine rings is 1. The molecule has 98 valence electrons. The number of aromatic amines is 1. The lowest BCUT2D eigenvalue weighted by Gasteiger charge is -2.06. The number of rotatable bonds is 3. The van der Waals surface area contributed by atoms with Crippen LogP contribution in [-0.2, 0) is 0 Å². The first-order valence-corrected chi connectivity index (χ1v) is 5.33. The summed E-state index contributed by atoms with van der Waals surface area (Å²) in [6.45, 7) is 0. The Morgan fingerprint density at radius 2 is 2.05 bits per heavy atom. The molecule has 0 aliphatic carbocycles. The van der Waals surface area contributed by atoms with Crippen molar-refractivity contribution in [2.45, 2.75) is 0 Å². The van der Waals surface area contributed by atoms with Gasteiger partial charge in [0.1, 0.15) is 5.56 Å². The van der Waals surface area contributed by atoms with Crippen LogP contribution in [0.1, 0.15) is 10.4 Å². The number of benzene rings is 1. The summed E-state index contributed by atoms with van der Waals surface area (Å²) in [5.41, 5.74) is -0.255. The van der Waals surface area contributed by atoms with Gasteiger partial charge in [0.15, 0.2) is 11.6 Å². The monoisotopic (exact) mass is 263 g/mol. The standard InChI is InChI=1S/C13H10FNO4/c1-19-11-3-2-7(5-10(11)14)8-4-9(13(17)18)12(16)15-6-8/h2-6H,1H3,(H,15,16)(H,17,18). The number of carboxylic acid groups (broad SMARTS) is 1. The fraction of sp³-hybridized carbons (Fsp3) is 0.0769. The molecule has 1 aromatic heterocycles. The van der Waals surface area contributed by atoms with Gasteiger partial charge in [-0.1, -0.05) is 6.07 Å². The van der Waals surface area contributed by atoms with Gasteiger partial charge >= 0.3 is 5.97 Å².